The van der Waals surface area contributed by atoms with Gasteiger partial charge < -0.3 is 15.0 Å². The van der Waals surface area contributed by atoms with Crippen molar-refractivity contribution in [3.8, 4) is 5.75 Å². The number of nitrogens with zero attached hydrogens (tertiary/aromatic N) is 1. The average Bonchev–Trinajstić information content (AvgIpc) is 3.39. The number of aryl methyl sites for hydroxylation is 2. The van der Waals surface area contributed by atoms with E-state index >= 15 is 0 Å². The van der Waals surface area contributed by atoms with Crippen LogP contribution in [-0.2, 0) is 22.6 Å². The Hall–Kier alpha value is -3.60. The standard InChI is InChI=1S/C31H36N2O3/c1-23-11-10-18-28(19-23)36-22-30(34)33(21-26-15-7-6-12-24(26)2)29(20-25-13-4-3-5-14-25)31(35)32-27-16-8-9-17-27/h3-7,10-15,18-19,27,29H,8-9,16-17,20-22H2,1-2H3,(H,32,35)/t29-/m0/s1. The first kappa shape index (κ1) is 25.5. The van der Waals surface area contributed by atoms with Crippen LogP contribution in [0.15, 0.2) is 78.9 Å². The molecular formula is C31H36N2O3. The molecule has 0 radical (unpaired) electrons. The molecule has 1 aliphatic rings. The second kappa shape index (κ2) is 12.4. The Labute approximate surface area is 214 Å². The van der Waals surface area contributed by atoms with Gasteiger partial charge in [-0.2, -0.15) is 0 Å². The number of amides is 2. The second-order valence-corrected chi connectivity index (χ2v) is 9.75. The summed E-state index contributed by atoms with van der Waals surface area (Å²) in [6.45, 7) is 4.24. The molecule has 5 heteroatoms. The van der Waals surface area contributed by atoms with Crippen LogP contribution in [0.25, 0.3) is 0 Å². The van der Waals surface area contributed by atoms with Gasteiger partial charge in [-0.3, -0.25) is 9.59 Å². The molecule has 3 aromatic rings. The smallest absolute Gasteiger partial charge is 0.261 e. The number of benzene rings is 3. The summed E-state index contributed by atoms with van der Waals surface area (Å²) in [6.07, 6.45) is 4.69. The van der Waals surface area contributed by atoms with Gasteiger partial charge >= 0.3 is 0 Å². The summed E-state index contributed by atoms with van der Waals surface area (Å²) in [5.41, 5.74) is 4.19. The molecule has 5 nitrogen and oxygen atoms in total. The Morgan fingerprint density at radius 1 is 0.944 bits per heavy atom. The van der Waals surface area contributed by atoms with Gasteiger partial charge in [0.2, 0.25) is 5.91 Å². The molecule has 36 heavy (non-hydrogen) atoms. The lowest BCUT2D eigenvalue weighted by Gasteiger charge is -2.32. The lowest BCUT2D eigenvalue weighted by molar-refractivity contribution is -0.143. The van der Waals surface area contributed by atoms with Crippen molar-refractivity contribution in [3.63, 3.8) is 0 Å². The van der Waals surface area contributed by atoms with Crippen LogP contribution in [0.1, 0.15) is 47.9 Å². The van der Waals surface area contributed by atoms with Crippen LogP contribution in [-0.4, -0.2) is 35.4 Å². The molecule has 2 amide bonds. The lowest BCUT2D eigenvalue weighted by Crippen LogP contribution is -2.53. The van der Waals surface area contributed by atoms with Crippen molar-refractivity contribution >= 4 is 11.8 Å². The first-order valence-corrected chi connectivity index (χ1v) is 12.9. The fourth-order valence-corrected chi connectivity index (χ4v) is 4.83. The van der Waals surface area contributed by atoms with Crippen molar-refractivity contribution in [1.82, 2.24) is 10.2 Å². The third kappa shape index (κ3) is 6.97. The van der Waals surface area contributed by atoms with Gasteiger partial charge in [0.15, 0.2) is 6.61 Å². The van der Waals surface area contributed by atoms with Crippen LogP contribution in [0, 0.1) is 13.8 Å². The van der Waals surface area contributed by atoms with Crippen LogP contribution in [0.3, 0.4) is 0 Å². The summed E-state index contributed by atoms with van der Waals surface area (Å²) in [7, 11) is 0. The zero-order valence-electron chi connectivity index (χ0n) is 21.3. The fourth-order valence-electron chi connectivity index (χ4n) is 4.83. The Bertz CT molecular complexity index is 1160. The van der Waals surface area contributed by atoms with Gasteiger partial charge in [-0.25, -0.2) is 0 Å². The molecule has 1 aliphatic carbocycles. The van der Waals surface area contributed by atoms with Crippen LogP contribution in [0.2, 0.25) is 0 Å². The minimum Gasteiger partial charge on any atom is -0.484 e. The highest BCUT2D eigenvalue weighted by atomic mass is 16.5. The number of hydrogen-bond acceptors (Lipinski definition) is 3. The first-order valence-electron chi connectivity index (χ1n) is 12.9. The van der Waals surface area contributed by atoms with Gasteiger partial charge in [-0.1, -0.05) is 79.6 Å². The monoisotopic (exact) mass is 484 g/mol. The first-order chi connectivity index (χ1) is 17.5. The maximum absolute atomic E-state index is 13.7. The van der Waals surface area contributed by atoms with Crippen molar-refractivity contribution < 1.29 is 14.3 Å². The number of carbonyl (C=O) groups excluding carboxylic acids is 2. The summed E-state index contributed by atoms with van der Waals surface area (Å²) < 4.78 is 5.89. The van der Waals surface area contributed by atoms with Gasteiger partial charge in [0.25, 0.3) is 5.91 Å². The Balaban J connectivity index is 1.62. The maximum atomic E-state index is 13.7. The minimum absolute atomic E-state index is 0.0942. The van der Waals surface area contributed by atoms with E-state index in [-0.39, 0.29) is 24.5 Å². The molecule has 1 fully saturated rings. The predicted octanol–water partition coefficient (Wildman–Crippen LogP) is 5.38. The van der Waals surface area contributed by atoms with Crippen molar-refractivity contribution in [3.05, 3.63) is 101 Å². The molecule has 0 spiro atoms. The van der Waals surface area contributed by atoms with E-state index in [2.05, 4.69) is 5.32 Å². The van der Waals surface area contributed by atoms with Gasteiger partial charge in [-0.15, -0.1) is 0 Å². The molecule has 0 saturated heterocycles. The van der Waals surface area contributed by atoms with E-state index < -0.39 is 6.04 Å². The van der Waals surface area contributed by atoms with Crippen LogP contribution >= 0.6 is 0 Å². The highest BCUT2D eigenvalue weighted by Crippen LogP contribution is 2.21. The van der Waals surface area contributed by atoms with Crippen LogP contribution in [0.5, 0.6) is 5.75 Å². The number of carbonyl (C=O) groups is 2. The van der Waals surface area contributed by atoms with E-state index in [4.69, 9.17) is 4.74 Å². The normalized spacial score (nSPS) is 14.3. The van der Waals surface area contributed by atoms with Crippen molar-refractivity contribution in [2.45, 2.75) is 64.6 Å². The second-order valence-electron chi connectivity index (χ2n) is 9.75. The molecule has 0 unspecified atom stereocenters. The summed E-state index contributed by atoms with van der Waals surface area (Å²) in [4.78, 5) is 29.1. The summed E-state index contributed by atoms with van der Waals surface area (Å²) in [6, 6.07) is 25.1. The third-order valence-corrected chi connectivity index (χ3v) is 6.93. The van der Waals surface area contributed by atoms with E-state index in [0.29, 0.717) is 18.7 Å². The highest BCUT2D eigenvalue weighted by Gasteiger charge is 2.32. The highest BCUT2D eigenvalue weighted by molar-refractivity contribution is 5.88. The van der Waals surface area contributed by atoms with E-state index in [1.165, 1.54) is 0 Å². The topological polar surface area (TPSA) is 58.6 Å². The molecular weight excluding hydrogens is 448 g/mol. The summed E-state index contributed by atoms with van der Waals surface area (Å²) >= 11 is 0. The SMILES string of the molecule is Cc1cccc(OCC(=O)N(Cc2ccccc2C)[C@@H](Cc2ccccc2)C(=O)NC2CCCC2)c1. The quantitative estimate of drug-likeness (QED) is 0.420. The Kier molecular flexibility index (Phi) is 8.77. The number of rotatable bonds is 10. The Morgan fingerprint density at radius 3 is 2.39 bits per heavy atom. The molecule has 1 atom stereocenters. The molecule has 0 heterocycles. The molecule has 188 valence electrons. The average molecular weight is 485 g/mol. The summed E-state index contributed by atoms with van der Waals surface area (Å²) in [5.74, 6) is 0.347. The zero-order chi connectivity index (χ0) is 25.3. The predicted molar refractivity (Wildman–Crippen MR) is 143 cm³/mol. The van der Waals surface area contributed by atoms with Crippen LogP contribution < -0.4 is 10.1 Å². The van der Waals surface area contributed by atoms with E-state index in [1.807, 2.05) is 92.7 Å². The molecule has 3 aromatic carbocycles. The zero-order valence-corrected chi connectivity index (χ0v) is 21.3. The van der Waals surface area contributed by atoms with Crippen molar-refractivity contribution in [2.75, 3.05) is 6.61 Å². The molecule has 0 bridgehead atoms. The van der Waals surface area contributed by atoms with Gasteiger partial charge in [0.05, 0.1) is 0 Å². The van der Waals surface area contributed by atoms with Crippen LogP contribution in [0.4, 0.5) is 0 Å². The largest absolute Gasteiger partial charge is 0.484 e. The van der Waals surface area contributed by atoms with E-state index in [9.17, 15) is 9.59 Å². The molecule has 1 saturated carbocycles. The maximum Gasteiger partial charge on any atom is 0.261 e. The number of ether oxygens (including phenoxy) is 1. The van der Waals surface area contributed by atoms with E-state index in [0.717, 1.165) is 47.9 Å². The molecule has 4 rings (SSSR count). The van der Waals surface area contributed by atoms with Gasteiger partial charge in [0.1, 0.15) is 11.8 Å². The molecule has 0 aliphatic heterocycles. The Morgan fingerprint density at radius 2 is 1.67 bits per heavy atom. The van der Waals surface area contributed by atoms with Gasteiger partial charge in [0, 0.05) is 19.0 Å². The van der Waals surface area contributed by atoms with E-state index in [1.54, 1.807) is 4.90 Å². The molecule has 1 N–H and O–H groups in total. The van der Waals surface area contributed by atoms with Gasteiger partial charge in [-0.05, 0) is 61.1 Å². The number of hydrogen-bond donors (Lipinski definition) is 1. The minimum atomic E-state index is -0.638. The molecule has 0 aromatic heterocycles. The number of nitrogens with one attached hydrogen (secondary N) is 1. The van der Waals surface area contributed by atoms with Crippen molar-refractivity contribution in [1.29, 1.82) is 0 Å². The van der Waals surface area contributed by atoms with Crippen molar-refractivity contribution in [2.24, 2.45) is 0 Å². The lowest BCUT2D eigenvalue weighted by atomic mass is 10.0. The fraction of sp³-hybridized carbons (Fsp3) is 0.355. The third-order valence-electron chi connectivity index (χ3n) is 6.93. The summed E-state index contributed by atoms with van der Waals surface area (Å²) in [5, 5.41) is 3.24.